The fourth-order valence-corrected chi connectivity index (χ4v) is 2.65. The van der Waals surface area contributed by atoms with Gasteiger partial charge in [0.15, 0.2) is 5.82 Å². The van der Waals surface area contributed by atoms with Crippen molar-refractivity contribution in [1.82, 2.24) is 30.4 Å². The minimum absolute atomic E-state index is 0.0119. The van der Waals surface area contributed by atoms with Crippen LogP contribution in [0.5, 0.6) is 0 Å². The smallest absolute Gasteiger partial charge is 0.314 e. The highest BCUT2D eigenvalue weighted by Gasteiger charge is 2.35. The molecule has 0 radical (unpaired) electrons. The highest BCUT2D eigenvalue weighted by atomic mass is 35.5. The summed E-state index contributed by atoms with van der Waals surface area (Å²) >= 11 is 5.70. The molecule has 1 fully saturated rings. The van der Waals surface area contributed by atoms with Crippen molar-refractivity contribution in [2.45, 2.75) is 12.7 Å². The number of rotatable bonds is 3. The Kier molecular flexibility index (Phi) is 4.51. The van der Waals surface area contributed by atoms with Gasteiger partial charge in [0, 0.05) is 31.2 Å². The molecule has 0 bridgehead atoms. The first-order valence-corrected chi connectivity index (χ1v) is 7.40. The van der Waals surface area contributed by atoms with E-state index in [1.165, 1.54) is 12.1 Å². The molecule has 0 aliphatic carbocycles. The first-order chi connectivity index (χ1) is 10.9. The number of alkyl halides is 3. The maximum absolute atomic E-state index is 13.3. The van der Waals surface area contributed by atoms with Crippen LogP contribution in [0.15, 0.2) is 18.2 Å². The van der Waals surface area contributed by atoms with Crippen LogP contribution in [0, 0.1) is 0 Å². The van der Waals surface area contributed by atoms with E-state index in [9.17, 15) is 13.2 Å². The molecule has 1 saturated heterocycles. The Morgan fingerprint density at radius 3 is 2.65 bits per heavy atom. The standard InChI is InChI=1S/C13H14ClF3N6/c14-9-1-2-11(10(7-9)13(15,16)17)23-12(19-20-21-23)8-22-5-3-18-4-6-22/h1-2,7,18H,3-6,8H2. The summed E-state index contributed by atoms with van der Waals surface area (Å²) in [6.07, 6.45) is -4.54. The molecule has 0 saturated carbocycles. The zero-order chi connectivity index (χ0) is 16.4. The number of tetrazole rings is 1. The predicted octanol–water partition coefficient (Wildman–Crippen LogP) is 1.74. The Balaban J connectivity index is 1.95. The molecule has 0 amide bonds. The first kappa shape index (κ1) is 16.2. The third kappa shape index (κ3) is 3.62. The second-order valence-electron chi connectivity index (χ2n) is 5.19. The average molecular weight is 347 g/mol. The van der Waals surface area contributed by atoms with Crippen LogP contribution in [0.25, 0.3) is 5.69 Å². The van der Waals surface area contributed by atoms with Gasteiger partial charge in [0.05, 0.1) is 17.8 Å². The molecule has 10 heteroatoms. The number of piperazine rings is 1. The van der Waals surface area contributed by atoms with Crippen LogP contribution < -0.4 is 5.32 Å². The molecular formula is C13H14ClF3N6. The van der Waals surface area contributed by atoms with E-state index in [2.05, 4.69) is 25.7 Å². The molecule has 1 aromatic carbocycles. The maximum atomic E-state index is 13.3. The molecule has 1 N–H and O–H groups in total. The number of hydrogen-bond acceptors (Lipinski definition) is 5. The second kappa shape index (κ2) is 6.42. The van der Waals surface area contributed by atoms with Gasteiger partial charge in [-0.1, -0.05) is 11.6 Å². The molecule has 2 heterocycles. The third-order valence-corrected chi connectivity index (χ3v) is 3.84. The zero-order valence-corrected chi connectivity index (χ0v) is 12.8. The summed E-state index contributed by atoms with van der Waals surface area (Å²) in [5.41, 5.74) is -0.990. The lowest BCUT2D eigenvalue weighted by Crippen LogP contribution is -2.43. The minimum Gasteiger partial charge on any atom is -0.314 e. The van der Waals surface area contributed by atoms with Crippen LogP contribution >= 0.6 is 11.6 Å². The maximum Gasteiger partial charge on any atom is 0.418 e. The van der Waals surface area contributed by atoms with Crippen molar-refractivity contribution in [3.63, 3.8) is 0 Å². The Morgan fingerprint density at radius 1 is 1.22 bits per heavy atom. The zero-order valence-electron chi connectivity index (χ0n) is 12.0. The monoisotopic (exact) mass is 346 g/mol. The molecule has 23 heavy (non-hydrogen) atoms. The van der Waals surface area contributed by atoms with E-state index in [-0.39, 0.29) is 10.7 Å². The van der Waals surface area contributed by atoms with Crippen LogP contribution in [0.4, 0.5) is 13.2 Å². The van der Waals surface area contributed by atoms with Gasteiger partial charge in [0.1, 0.15) is 0 Å². The van der Waals surface area contributed by atoms with E-state index in [4.69, 9.17) is 11.6 Å². The lowest BCUT2D eigenvalue weighted by molar-refractivity contribution is -0.137. The highest BCUT2D eigenvalue weighted by Crippen LogP contribution is 2.35. The van der Waals surface area contributed by atoms with Gasteiger partial charge in [-0.15, -0.1) is 5.10 Å². The van der Waals surface area contributed by atoms with E-state index < -0.39 is 11.7 Å². The predicted molar refractivity (Wildman–Crippen MR) is 77.3 cm³/mol. The largest absolute Gasteiger partial charge is 0.418 e. The van der Waals surface area contributed by atoms with Gasteiger partial charge in [-0.2, -0.15) is 17.9 Å². The minimum atomic E-state index is -4.54. The number of nitrogens with zero attached hydrogens (tertiary/aromatic N) is 5. The van der Waals surface area contributed by atoms with E-state index in [1.807, 2.05) is 0 Å². The molecule has 1 aliphatic heterocycles. The van der Waals surface area contributed by atoms with Gasteiger partial charge in [0.25, 0.3) is 0 Å². The van der Waals surface area contributed by atoms with E-state index in [1.54, 1.807) is 0 Å². The van der Waals surface area contributed by atoms with E-state index in [0.29, 0.717) is 12.4 Å². The summed E-state index contributed by atoms with van der Waals surface area (Å²) in [7, 11) is 0. The summed E-state index contributed by atoms with van der Waals surface area (Å²) in [4.78, 5) is 2.09. The number of halogens is 4. The van der Waals surface area contributed by atoms with Crippen LogP contribution in [-0.2, 0) is 12.7 Å². The number of benzene rings is 1. The van der Waals surface area contributed by atoms with Crippen molar-refractivity contribution in [2.24, 2.45) is 0 Å². The molecule has 3 rings (SSSR count). The number of nitrogens with one attached hydrogen (secondary N) is 1. The molecule has 0 unspecified atom stereocenters. The average Bonchev–Trinajstić information content (AvgIpc) is 2.95. The molecule has 0 atom stereocenters. The van der Waals surface area contributed by atoms with Gasteiger partial charge >= 0.3 is 6.18 Å². The molecule has 1 aromatic heterocycles. The van der Waals surface area contributed by atoms with Gasteiger partial charge in [-0.05, 0) is 28.6 Å². The number of aromatic nitrogens is 4. The summed E-state index contributed by atoms with van der Waals surface area (Å²) in [6.45, 7) is 3.63. The van der Waals surface area contributed by atoms with Crippen molar-refractivity contribution in [3.8, 4) is 5.69 Å². The Morgan fingerprint density at radius 2 is 1.96 bits per heavy atom. The van der Waals surface area contributed by atoms with Crippen molar-refractivity contribution in [3.05, 3.63) is 34.6 Å². The SMILES string of the molecule is FC(F)(F)c1cc(Cl)ccc1-n1nnnc1CN1CCNCC1. The number of hydrogen-bond donors (Lipinski definition) is 1. The lowest BCUT2D eigenvalue weighted by atomic mass is 10.1. The van der Waals surface area contributed by atoms with Crippen molar-refractivity contribution in [1.29, 1.82) is 0 Å². The third-order valence-electron chi connectivity index (χ3n) is 3.60. The fourth-order valence-electron chi connectivity index (χ4n) is 2.48. The van der Waals surface area contributed by atoms with E-state index >= 15 is 0 Å². The van der Waals surface area contributed by atoms with E-state index in [0.717, 1.165) is 36.9 Å². The van der Waals surface area contributed by atoms with Crippen LogP contribution in [0.2, 0.25) is 5.02 Å². The Labute approximate surface area is 135 Å². The summed E-state index contributed by atoms with van der Waals surface area (Å²) in [6, 6.07) is 3.55. The Bertz CT molecular complexity index is 681. The van der Waals surface area contributed by atoms with Crippen molar-refractivity contribution < 1.29 is 13.2 Å². The van der Waals surface area contributed by atoms with Crippen molar-refractivity contribution in [2.75, 3.05) is 26.2 Å². The topological polar surface area (TPSA) is 58.9 Å². The normalized spacial score (nSPS) is 16.7. The van der Waals surface area contributed by atoms with Gasteiger partial charge in [-0.3, -0.25) is 4.90 Å². The van der Waals surface area contributed by atoms with Gasteiger partial charge in [0.2, 0.25) is 0 Å². The highest BCUT2D eigenvalue weighted by molar-refractivity contribution is 6.30. The molecule has 6 nitrogen and oxygen atoms in total. The lowest BCUT2D eigenvalue weighted by Gasteiger charge is -2.26. The van der Waals surface area contributed by atoms with Gasteiger partial charge in [-0.25, -0.2) is 0 Å². The summed E-state index contributed by atoms with van der Waals surface area (Å²) in [5, 5.41) is 14.4. The summed E-state index contributed by atoms with van der Waals surface area (Å²) in [5.74, 6) is 0.361. The Hall–Kier alpha value is -1.71. The van der Waals surface area contributed by atoms with Crippen molar-refractivity contribution >= 4 is 11.6 Å². The molecule has 0 spiro atoms. The molecular weight excluding hydrogens is 333 g/mol. The quantitative estimate of drug-likeness (QED) is 0.917. The van der Waals surface area contributed by atoms with Gasteiger partial charge < -0.3 is 5.32 Å². The second-order valence-corrected chi connectivity index (χ2v) is 5.63. The van der Waals surface area contributed by atoms with Crippen LogP contribution in [0.3, 0.4) is 0 Å². The molecule has 1 aliphatic rings. The first-order valence-electron chi connectivity index (χ1n) is 7.02. The van der Waals surface area contributed by atoms with Crippen LogP contribution in [0.1, 0.15) is 11.4 Å². The summed E-state index contributed by atoms with van der Waals surface area (Å²) < 4.78 is 40.9. The molecule has 2 aromatic rings. The molecule has 124 valence electrons. The fraction of sp³-hybridized carbons (Fsp3) is 0.462. The van der Waals surface area contributed by atoms with Crippen LogP contribution in [-0.4, -0.2) is 51.3 Å².